The highest BCUT2D eigenvalue weighted by Gasteiger charge is 1.99. The summed E-state index contributed by atoms with van der Waals surface area (Å²) in [5.41, 5.74) is 2.12. The Morgan fingerprint density at radius 2 is 2.38 bits per heavy atom. The van der Waals surface area contributed by atoms with Crippen molar-refractivity contribution >= 4 is 16.4 Å². The number of imidazole rings is 1. The largest absolute Gasteiger partial charge is 0.310 e. The highest BCUT2D eigenvalue weighted by atomic mass is 32.2. The van der Waals surface area contributed by atoms with Gasteiger partial charge in [0.1, 0.15) is 5.65 Å². The first kappa shape index (κ1) is 11.3. The second kappa shape index (κ2) is 5.23. The van der Waals surface area contributed by atoms with Gasteiger partial charge in [-0.3, -0.25) is 4.21 Å². The summed E-state index contributed by atoms with van der Waals surface area (Å²) in [4.78, 5) is 4.22. The van der Waals surface area contributed by atoms with Gasteiger partial charge in [0, 0.05) is 54.0 Å². The number of pyridine rings is 1. The van der Waals surface area contributed by atoms with Gasteiger partial charge >= 0.3 is 0 Å². The predicted octanol–water partition coefficient (Wildman–Crippen LogP) is 0.802. The number of fused-ring (bicyclic) bond motifs is 1. The van der Waals surface area contributed by atoms with Crippen molar-refractivity contribution in [1.29, 1.82) is 0 Å². The van der Waals surface area contributed by atoms with E-state index in [9.17, 15) is 4.21 Å². The summed E-state index contributed by atoms with van der Waals surface area (Å²) >= 11 is 0. The van der Waals surface area contributed by atoms with Crippen molar-refractivity contribution in [2.75, 3.05) is 18.6 Å². The van der Waals surface area contributed by atoms with Gasteiger partial charge in [0.2, 0.25) is 0 Å². The smallest absolute Gasteiger partial charge is 0.136 e. The van der Waals surface area contributed by atoms with Crippen LogP contribution in [0.3, 0.4) is 0 Å². The molecule has 0 aliphatic carbocycles. The van der Waals surface area contributed by atoms with Gasteiger partial charge < -0.3 is 9.72 Å². The molecule has 2 aromatic heterocycles. The van der Waals surface area contributed by atoms with E-state index in [-0.39, 0.29) is 0 Å². The van der Waals surface area contributed by atoms with Crippen LogP contribution in [-0.2, 0) is 17.3 Å². The van der Waals surface area contributed by atoms with Crippen molar-refractivity contribution in [1.82, 2.24) is 14.7 Å². The molecular formula is C11H15N3OS. The lowest BCUT2D eigenvalue weighted by molar-refractivity contribution is 0.672. The molecule has 0 aliphatic rings. The van der Waals surface area contributed by atoms with Crippen molar-refractivity contribution in [3.8, 4) is 0 Å². The maximum absolute atomic E-state index is 10.9. The molecule has 1 atom stereocenters. The molecule has 0 saturated heterocycles. The Bertz CT molecular complexity index is 495. The zero-order valence-corrected chi connectivity index (χ0v) is 10.0. The van der Waals surface area contributed by atoms with Crippen LogP contribution in [0.5, 0.6) is 0 Å². The van der Waals surface area contributed by atoms with E-state index in [0.29, 0.717) is 5.75 Å². The number of hydrogen-bond donors (Lipinski definition) is 1. The Kier molecular flexibility index (Phi) is 3.69. The summed E-state index contributed by atoms with van der Waals surface area (Å²) in [5, 5.41) is 3.27. The molecule has 0 aliphatic heterocycles. The fraction of sp³-hybridized carbons (Fsp3) is 0.364. The second-order valence-electron chi connectivity index (χ2n) is 3.63. The average molecular weight is 237 g/mol. The zero-order chi connectivity index (χ0) is 11.4. The lowest BCUT2D eigenvalue weighted by Crippen LogP contribution is -2.20. The zero-order valence-electron chi connectivity index (χ0n) is 9.22. The van der Waals surface area contributed by atoms with Gasteiger partial charge in [-0.05, 0) is 12.1 Å². The summed E-state index contributed by atoms with van der Waals surface area (Å²) < 4.78 is 12.9. The quantitative estimate of drug-likeness (QED) is 0.783. The van der Waals surface area contributed by atoms with Gasteiger partial charge in [-0.15, -0.1) is 0 Å². The monoisotopic (exact) mass is 237 g/mol. The Morgan fingerprint density at radius 3 is 3.19 bits per heavy atom. The van der Waals surface area contributed by atoms with Gasteiger partial charge in [-0.2, -0.15) is 0 Å². The highest BCUT2D eigenvalue weighted by molar-refractivity contribution is 7.84. The SMILES string of the molecule is CS(=O)CCNCc1cccc2nccn12. The van der Waals surface area contributed by atoms with Crippen LogP contribution < -0.4 is 5.32 Å². The molecular weight excluding hydrogens is 222 g/mol. The first-order valence-corrected chi connectivity index (χ1v) is 6.92. The standard InChI is InChI=1S/C11H15N3OS/c1-16(15)8-6-12-9-10-3-2-4-11-13-5-7-14(10)11/h2-5,7,12H,6,8-9H2,1H3. The molecule has 86 valence electrons. The van der Waals surface area contributed by atoms with Gasteiger partial charge in [0.15, 0.2) is 0 Å². The van der Waals surface area contributed by atoms with Crippen molar-refractivity contribution in [2.24, 2.45) is 0 Å². The third kappa shape index (κ3) is 2.68. The molecule has 4 nitrogen and oxygen atoms in total. The van der Waals surface area contributed by atoms with Crippen molar-refractivity contribution in [3.05, 3.63) is 36.3 Å². The Hall–Kier alpha value is -1.20. The van der Waals surface area contributed by atoms with E-state index in [1.54, 1.807) is 12.5 Å². The van der Waals surface area contributed by atoms with Gasteiger partial charge in [-0.25, -0.2) is 4.98 Å². The maximum Gasteiger partial charge on any atom is 0.136 e. The molecule has 2 rings (SSSR count). The van der Waals surface area contributed by atoms with Crippen molar-refractivity contribution in [3.63, 3.8) is 0 Å². The fourth-order valence-electron chi connectivity index (χ4n) is 1.58. The Labute approximate surface area is 97.2 Å². The van der Waals surface area contributed by atoms with Crippen LogP contribution in [-0.4, -0.2) is 32.1 Å². The molecule has 0 bridgehead atoms. The molecule has 0 aromatic carbocycles. The van der Waals surface area contributed by atoms with Crippen LogP contribution in [0.4, 0.5) is 0 Å². The number of rotatable bonds is 5. The predicted molar refractivity (Wildman–Crippen MR) is 65.8 cm³/mol. The minimum atomic E-state index is -0.724. The van der Waals surface area contributed by atoms with E-state index in [1.807, 2.05) is 18.3 Å². The van der Waals surface area contributed by atoms with Crippen LogP contribution in [0.1, 0.15) is 5.69 Å². The van der Waals surface area contributed by atoms with Crippen molar-refractivity contribution in [2.45, 2.75) is 6.54 Å². The first-order valence-electron chi connectivity index (χ1n) is 5.19. The van der Waals surface area contributed by atoms with Crippen LogP contribution in [0.25, 0.3) is 5.65 Å². The molecule has 16 heavy (non-hydrogen) atoms. The summed E-state index contributed by atoms with van der Waals surface area (Å²) in [7, 11) is -0.724. The molecule has 0 spiro atoms. The van der Waals surface area contributed by atoms with Gasteiger partial charge in [-0.1, -0.05) is 6.07 Å². The van der Waals surface area contributed by atoms with Crippen LogP contribution in [0.15, 0.2) is 30.6 Å². The van der Waals surface area contributed by atoms with E-state index in [4.69, 9.17) is 0 Å². The Morgan fingerprint density at radius 1 is 1.50 bits per heavy atom. The molecule has 1 N–H and O–H groups in total. The number of nitrogens with zero attached hydrogens (tertiary/aromatic N) is 2. The minimum Gasteiger partial charge on any atom is -0.310 e. The van der Waals surface area contributed by atoms with E-state index >= 15 is 0 Å². The summed E-state index contributed by atoms with van der Waals surface area (Å²) in [5.74, 6) is 0.694. The third-order valence-electron chi connectivity index (χ3n) is 2.39. The Balaban J connectivity index is 1.98. The third-order valence-corrected chi connectivity index (χ3v) is 3.16. The molecule has 5 heteroatoms. The van der Waals surface area contributed by atoms with Gasteiger partial charge in [0.05, 0.1) is 0 Å². The second-order valence-corrected chi connectivity index (χ2v) is 5.18. The topological polar surface area (TPSA) is 46.4 Å². The summed E-state index contributed by atoms with van der Waals surface area (Å²) in [6, 6.07) is 6.03. The van der Waals surface area contributed by atoms with E-state index in [1.165, 1.54) is 0 Å². The molecule has 0 radical (unpaired) electrons. The fourth-order valence-corrected chi connectivity index (χ4v) is 2.01. The van der Waals surface area contributed by atoms with Crippen LogP contribution in [0, 0.1) is 0 Å². The van der Waals surface area contributed by atoms with Crippen LogP contribution in [0.2, 0.25) is 0 Å². The average Bonchev–Trinajstić information content (AvgIpc) is 2.72. The normalized spacial score (nSPS) is 13.1. The molecule has 0 amide bonds. The first-order chi connectivity index (χ1) is 7.77. The van der Waals surface area contributed by atoms with E-state index in [2.05, 4.69) is 20.8 Å². The number of nitrogens with one attached hydrogen (secondary N) is 1. The lowest BCUT2D eigenvalue weighted by Gasteiger charge is -2.06. The van der Waals surface area contributed by atoms with E-state index in [0.717, 1.165) is 24.4 Å². The molecule has 0 saturated carbocycles. The minimum absolute atomic E-state index is 0.694. The van der Waals surface area contributed by atoms with Gasteiger partial charge in [0.25, 0.3) is 0 Å². The lowest BCUT2D eigenvalue weighted by atomic mass is 10.3. The highest BCUT2D eigenvalue weighted by Crippen LogP contribution is 2.05. The van der Waals surface area contributed by atoms with E-state index < -0.39 is 10.8 Å². The summed E-state index contributed by atoms with van der Waals surface area (Å²) in [6.07, 6.45) is 5.46. The molecule has 2 heterocycles. The molecule has 0 fully saturated rings. The molecule has 2 aromatic rings. The van der Waals surface area contributed by atoms with Crippen molar-refractivity contribution < 1.29 is 4.21 Å². The van der Waals surface area contributed by atoms with Crippen LogP contribution >= 0.6 is 0 Å². The molecule has 1 unspecified atom stereocenters. The number of aromatic nitrogens is 2. The maximum atomic E-state index is 10.9. The summed E-state index contributed by atoms with van der Waals surface area (Å²) in [6.45, 7) is 1.54. The number of hydrogen-bond acceptors (Lipinski definition) is 3.